The quantitative estimate of drug-likeness (QED) is 0.334. The Hall–Kier alpha value is -2.81. The zero-order valence-corrected chi connectivity index (χ0v) is 19.7. The Labute approximate surface area is 199 Å². The van der Waals surface area contributed by atoms with Crippen molar-refractivity contribution in [3.8, 4) is 22.1 Å². The van der Waals surface area contributed by atoms with Gasteiger partial charge in [0.2, 0.25) is 5.91 Å². The smallest absolute Gasteiger partial charge is 0.230 e. The van der Waals surface area contributed by atoms with Gasteiger partial charge in [-0.1, -0.05) is 53.7 Å². The molecule has 0 bridgehead atoms. The molecule has 0 fully saturated rings. The molecule has 0 saturated carbocycles. The zero-order chi connectivity index (χ0) is 22.3. The van der Waals surface area contributed by atoms with Crippen LogP contribution < -0.4 is 10.1 Å². The van der Waals surface area contributed by atoms with Crippen LogP contribution in [0.4, 0.5) is 0 Å². The van der Waals surface area contributed by atoms with E-state index in [1.165, 1.54) is 11.8 Å². The van der Waals surface area contributed by atoms with Crippen LogP contribution >= 0.6 is 34.7 Å². The van der Waals surface area contributed by atoms with E-state index in [2.05, 4.69) is 15.5 Å². The molecule has 1 N–H and O–H groups in total. The lowest BCUT2D eigenvalue weighted by molar-refractivity contribution is -0.118. The van der Waals surface area contributed by atoms with Crippen molar-refractivity contribution >= 4 is 40.6 Å². The number of halogens is 1. The summed E-state index contributed by atoms with van der Waals surface area (Å²) in [6.45, 7) is 0.556. The topological polar surface area (TPSA) is 69.0 Å². The summed E-state index contributed by atoms with van der Waals surface area (Å²) in [6.07, 6.45) is 0.744. The first-order valence-corrected chi connectivity index (χ1v) is 12.2. The van der Waals surface area contributed by atoms with Crippen LogP contribution in [-0.2, 0) is 11.2 Å². The second-order valence-electron chi connectivity index (χ2n) is 6.81. The van der Waals surface area contributed by atoms with Gasteiger partial charge >= 0.3 is 0 Å². The van der Waals surface area contributed by atoms with Crippen LogP contribution in [-0.4, -0.2) is 40.1 Å². The number of ether oxygens (including phenoxy) is 1. The molecule has 2 aromatic heterocycles. The minimum absolute atomic E-state index is 0.0591. The maximum Gasteiger partial charge on any atom is 0.230 e. The van der Waals surface area contributed by atoms with Gasteiger partial charge < -0.3 is 10.1 Å². The molecule has 1 amide bonds. The molecule has 0 aliphatic rings. The summed E-state index contributed by atoms with van der Waals surface area (Å²) in [5, 5.41) is 15.1. The normalized spacial score (nSPS) is 10.8. The van der Waals surface area contributed by atoms with Crippen molar-refractivity contribution in [1.82, 2.24) is 20.1 Å². The maximum atomic E-state index is 12.4. The van der Waals surface area contributed by atoms with E-state index in [-0.39, 0.29) is 11.7 Å². The second-order valence-corrected chi connectivity index (χ2v) is 9.13. The number of rotatable bonds is 9. The van der Waals surface area contributed by atoms with Gasteiger partial charge in [-0.3, -0.25) is 9.36 Å². The Kier molecular flexibility index (Phi) is 7.47. The van der Waals surface area contributed by atoms with Crippen LogP contribution in [0.2, 0.25) is 5.02 Å². The Morgan fingerprint density at radius 3 is 2.69 bits per heavy atom. The number of benzene rings is 2. The first-order valence-electron chi connectivity index (χ1n) is 9.92. The fourth-order valence-electron chi connectivity index (χ4n) is 3.14. The lowest BCUT2D eigenvalue weighted by Crippen LogP contribution is -2.27. The predicted molar refractivity (Wildman–Crippen MR) is 130 cm³/mol. The lowest BCUT2D eigenvalue weighted by Gasteiger charge is -2.13. The number of nitrogens with zero attached hydrogens (tertiary/aromatic N) is 3. The molecule has 2 aromatic carbocycles. The number of thiophene rings is 1. The number of hydrogen-bond donors (Lipinski definition) is 1. The van der Waals surface area contributed by atoms with Crippen LogP contribution in [0.3, 0.4) is 0 Å². The summed E-state index contributed by atoms with van der Waals surface area (Å²) in [7, 11) is 1.63. The number of amides is 1. The minimum atomic E-state index is -0.0591. The van der Waals surface area contributed by atoms with E-state index in [0.717, 1.165) is 28.4 Å². The molecular formula is C23H21ClN4O2S2. The first-order chi connectivity index (χ1) is 15.7. The summed E-state index contributed by atoms with van der Waals surface area (Å²) in [5.74, 6) is 1.60. The highest BCUT2D eigenvalue weighted by Gasteiger charge is 2.20. The standard InChI is InChI=1S/C23H21ClN4O2S2/c1-30-19-6-3-2-5-18(19)28-22(20-7-4-14-31-20)26-27-23(28)32-15-21(29)25-13-12-16-8-10-17(24)11-9-16/h2-11,14H,12-13,15H2,1H3,(H,25,29). The van der Waals surface area contributed by atoms with Crippen molar-refractivity contribution in [2.24, 2.45) is 0 Å². The van der Waals surface area contributed by atoms with Crippen molar-refractivity contribution in [2.45, 2.75) is 11.6 Å². The molecule has 0 aliphatic heterocycles. The fraction of sp³-hybridized carbons (Fsp3) is 0.174. The van der Waals surface area contributed by atoms with Gasteiger partial charge in [-0.05, 0) is 47.7 Å². The third-order valence-electron chi connectivity index (χ3n) is 4.68. The Morgan fingerprint density at radius 2 is 1.94 bits per heavy atom. The van der Waals surface area contributed by atoms with Crippen molar-refractivity contribution < 1.29 is 9.53 Å². The van der Waals surface area contributed by atoms with E-state index in [1.807, 2.05) is 70.6 Å². The summed E-state index contributed by atoms with van der Waals surface area (Å²) in [6, 6.07) is 19.3. The third kappa shape index (κ3) is 5.32. The summed E-state index contributed by atoms with van der Waals surface area (Å²) >= 11 is 8.84. The van der Waals surface area contributed by atoms with Gasteiger partial charge in [0, 0.05) is 11.6 Å². The molecule has 4 aromatic rings. The molecule has 0 unspecified atom stereocenters. The molecule has 9 heteroatoms. The van der Waals surface area contributed by atoms with E-state index in [4.69, 9.17) is 16.3 Å². The highest BCUT2D eigenvalue weighted by atomic mass is 35.5. The van der Waals surface area contributed by atoms with Crippen LogP contribution in [0.1, 0.15) is 5.56 Å². The van der Waals surface area contributed by atoms with E-state index in [9.17, 15) is 4.79 Å². The number of hydrogen-bond acceptors (Lipinski definition) is 6. The van der Waals surface area contributed by atoms with Crippen molar-refractivity contribution in [1.29, 1.82) is 0 Å². The molecule has 164 valence electrons. The molecule has 0 spiro atoms. The molecule has 6 nitrogen and oxygen atoms in total. The van der Waals surface area contributed by atoms with E-state index >= 15 is 0 Å². The monoisotopic (exact) mass is 484 g/mol. The average Bonchev–Trinajstić information content (AvgIpc) is 3.49. The minimum Gasteiger partial charge on any atom is -0.495 e. The number of methoxy groups -OCH3 is 1. The fourth-order valence-corrected chi connectivity index (χ4v) is 4.74. The number of aromatic nitrogens is 3. The van der Waals surface area contributed by atoms with Gasteiger partial charge in [-0.25, -0.2) is 0 Å². The van der Waals surface area contributed by atoms with Crippen LogP contribution in [0.5, 0.6) is 5.75 Å². The van der Waals surface area contributed by atoms with Gasteiger partial charge in [0.15, 0.2) is 11.0 Å². The van der Waals surface area contributed by atoms with Gasteiger partial charge in [0.05, 0.1) is 23.4 Å². The Bertz CT molecular complexity index is 1180. The molecule has 4 rings (SSSR count). The van der Waals surface area contributed by atoms with Crippen molar-refractivity contribution in [3.63, 3.8) is 0 Å². The average molecular weight is 485 g/mol. The van der Waals surface area contributed by atoms with E-state index in [1.54, 1.807) is 18.4 Å². The summed E-state index contributed by atoms with van der Waals surface area (Å²) in [5.41, 5.74) is 1.95. The van der Waals surface area contributed by atoms with Gasteiger partial charge in [0.25, 0.3) is 0 Å². The molecule has 0 aliphatic carbocycles. The first kappa shape index (κ1) is 22.4. The van der Waals surface area contributed by atoms with Crippen molar-refractivity contribution in [2.75, 3.05) is 19.4 Å². The number of thioether (sulfide) groups is 1. The molecule has 0 radical (unpaired) electrons. The van der Waals surface area contributed by atoms with Gasteiger partial charge in [-0.2, -0.15) is 0 Å². The van der Waals surface area contributed by atoms with Crippen LogP contribution in [0.15, 0.2) is 71.2 Å². The van der Waals surface area contributed by atoms with E-state index in [0.29, 0.717) is 22.5 Å². The Balaban J connectivity index is 1.46. The second kappa shape index (κ2) is 10.7. The summed E-state index contributed by atoms with van der Waals surface area (Å²) in [4.78, 5) is 13.4. The number of carbonyl (C=O) groups is 1. The number of carbonyl (C=O) groups excluding carboxylic acids is 1. The zero-order valence-electron chi connectivity index (χ0n) is 17.3. The van der Waals surface area contributed by atoms with Gasteiger partial charge in [-0.15, -0.1) is 21.5 Å². The highest BCUT2D eigenvalue weighted by molar-refractivity contribution is 7.99. The van der Waals surface area contributed by atoms with Crippen LogP contribution in [0, 0.1) is 0 Å². The largest absolute Gasteiger partial charge is 0.495 e. The van der Waals surface area contributed by atoms with Crippen LogP contribution in [0.25, 0.3) is 16.4 Å². The van der Waals surface area contributed by atoms with E-state index < -0.39 is 0 Å². The van der Waals surface area contributed by atoms with Crippen molar-refractivity contribution in [3.05, 3.63) is 76.6 Å². The number of para-hydroxylation sites is 2. The molecule has 32 heavy (non-hydrogen) atoms. The number of nitrogens with one attached hydrogen (secondary N) is 1. The third-order valence-corrected chi connectivity index (χ3v) is 6.73. The van der Waals surface area contributed by atoms with Gasteiger partial charge in [0.1, 0.15) is 5.75 Å². The highest BCUT2D eigenvalue weighted by Crippen LogP contribution is 2.33. The molecular weight excluding hydrogens is 464 g/mol. The molecule has 0 saturated heterocycles. The predicted octanol–water partition coefficient (Wildman–Crippen LogP) is 5.11. The maximum absolute atomic E-state index is 12.4. The lowest BCUT2D eigenvalue weighted by atomic mass is 10.1. The Morgan fingerprint density at radius 1 is 1.12 bits per heavy atom. The SMILES string of the molecule is COc1ccccc1-n1c(SCC(=O)NCCc2ccc(Cl)cc2)nnc1-c1cccs1. The molecule has 0 atom stereocenters. The summed E-state index contributed by atoms with van der Waals surface area (Å²) < 4.78 is 7.50. The molecule has 2 heterocycles.